The minimum absolute atomic E-state index is 0.156. The lowest BCUT2D eigenvalue weighted by Gasteiger charge is -1.97. The van der Waals surface area contributed by atoms with Crippen molar-refractivity contribution in [2.75, 3.05) is 6.61 Å². The maximum Gasteiger partial charge on any atom is 0.441 e. The molecular weight excluding hydrogens is 178 g/mol. The van der Waals surface area contributed by atoms with Gasteiger partial charge in [0.05, 0.1) is 13.0 Å². The molecule has 0 aliphatic rings. The van der Waals surface area contributed by atoms with Gasteiger partial charge in [-0.25, -0.2) is 0 Å². The van der Waals surface area contributed by atoms with Crippen LogP contribution in [0.15, 0.2) is 12.4 Å². The summed E-state index contributed by atoms with van der Waals surface area (Å²) >= 11 is 0. The van der Waals surface area contributed by atoms with E-state index in [-0.39, 0.29) is 13.0 Å². The van der Waals surface area contributed by atoms with Gasteiger partial charge < -0.3 is 15.2 Å². The molecule has 0 aliphatic carbocycles. The first kappa shape index (κ1) is 9.33. The average Bonchev–Trinajstić information content (AvgIpc) is 2.52. The quantitative estimate of drug-likeness (QED) is 0.520. The molecule has 1 heterocycles. The largest absolute Gasteiger partial charge is 0.441 e. The van der Waals surface area contributed by atoms with Crippen LogP contribution in [0.25, 0.3) is 0 Å². The van der Waals surface area contributed by atoms with E-state index in [0.717, 1.165) is 10.8 Å². The number of aliphatic hydroxyl groups is 1. The summed E-state index contributed by atoms with van der Waals surface area (Å²) in [6.45, 7) is -0.339. The number of nitrogens with zero attached hydrogens (tertiary/aromatic N) is 3. The summed E-state index contributed by atoms with van der Waals surface area (Å²) in [6, 6.07) is 0. The molecule has 13 heavy (non-hydrogen) atoms. The maximum atomic E-state index is 11.1. The number of rotatable bonds is 3. The van der Waals surface area contributed by atoms with Gasteiger partial charge >= 0.3 is 5.95 Å². The maximum absolute atomic E-state index is 11.1. The zero-order valence-corrected chi connectivity index (χ0v) is 6.58. The van der Waals surface area contributed by atoms with E-state index in [1.165, 1.54) is 6.20 Å². The molecule has 7 nitrogen and oxygen atoms in total. The van der Waals surface area contributed by atoms with Gasteiger partial charge in [0.1, 0.15) is 12.4 Å². The number of carbonyl (C=O) groups excluding carboxylic acids is 1. The van der Waals surface area contributed by atoms with Crippen molar-refractivity contribution in [2.24, 2.45) is 0 Å². The first-order valence-corrected chi connectivity index (χ1v) is 3.48. The molecular formula is C6H7N3O4. The Morgan fingerprint density at radius 3 is 3.00 bits per heavy atom. The second-order valence-electron chi connectivity index (χ2n) is 2.22. The standard InChI is InChI=1S/C6H7N3O4/c10-4-1-5(11)8-3-2-7-6(8)9(12)13/h2-3,10H,1,4H2. The summed E-state index contributed by atoms with van der Waals surface area (Å²) in [5, 5.41) is 18.7. The molecule has 0 saturated carbocycles. The van der Waals surface area contributed by atoms with Gasteiger partial charge in [0.15, 0.2) is 0 Å². The first-order chi connectivity index (χ1) is 6.16. The predicted octanol–water partition coefficient (Wildman–Crippen LogP) is -0.186. The summed E-state index contributed by atoms with van der Waals surface area (Å²) in [6.07, 6.45) is 2.20. The zero-order chi connectivity index (χ0) is 9.84. The molecule has 1 rings (SSSR count). The van der Waals surface area contributed by atoms with Crippen LogP contribution in [0.4, 0.5) is 5.95 Å². The number of imidazole rings is 1. The normalized spacial score (nSPS) is 9.92. The van der Waals surface area contributed by atoms with Crippen LogP contribution in [-0.4, -0.2) is 32.1 Å². The van der Waals surface area contributed by atoms with Crippen LogP contribution in [0.2, 0.25) is 0 Å². The highest BCUT2D eigenvalue weighted by Crippen LogP contribution is 2.07. The Morgan fingerprint density at radius 2 is 2.46 bits per heavy atom. The molecule has 1 aromatic rings. The summed E-state index contributed by atoms with van der Waals surface area (Å²) in [5.41, 5.74) is 0. The smallest absolute Gasteiger partial charge is 0.396 e. The minimum Gasteiger partial charge on any atom is -0.396 e. The summed E-state index contributed by atoms with van der Waals surface area (Å²) in [7, 11) is 0. The molecule has 1 N–H and O–H groups in total. The van der Waals surface area contributed by atoms with Gasteiger partial charge in [-0.05, 0) is 4.92 Å². The van der Waals surface area contributed by atoms with Crippen molar-refractivity contribution in [3.63, 3.8) is 0 Å². The Hall–Kier alpha value is -1.76. The van der Waals surface area contributed by atoms with Crippen molar-refractivity contribution in [1.82, 2.24) is 9.55 Å². The summed E-state index contributed by atoms with van der Waals surface area (Å²) < 4.78 is 0.802. The number of nitro groups is 1. The van der Waals surface area contributed by atoms with E-state index in [1.807, 2.05) is 0 Å². The van der Waals surface area contributed by atoms with Gasteiger partial charge in [-0.15, -0.1) is 0 Å². The number of carbonyl (C=O) groups is 1. The van der Waals surface area contributed by atoms with Crippen LogP contribution in [0.1, 0.15) is 11.2 Å². The fraction of sp³-hybridized carbons (Fsp3) is 0.333. The molecule has 0 radical (unpaired) electrons. The van der Waals surface area contributed by atoms with Gasteiger partial charge in [-0.2, -0.15) is 4.57 Å². The second kappa shape index (κ2) is 3.76. The van der Waals surface area contributed by atoms with Crippen LogP contribution < -0.4 is 0 Å². The Morgan fingerprint density at radius 1 is 1.77 bits per heavy atom. The van der Waals surface area contributed by atoms with E-state index in [9.17, 15) is 14.9 Å². The van der Waals surface area contributed by atoms with Crippen LogP contribution in [0.3, 0.4) is 0 Å². The van der Waals surface area contributed by atoms with E-state index in [0.29, 0.717) is 0 Å². The Bertz CT molecular complexity index is 332. The van der Waals surface area contributed by atoms with Crippen molar-refractivity contribution < 1.29 is 14.8 Å². The fourth-order valence-corrected chi connectivity index (χ4v) is 0.841. The van der Waals surface area contributed by atoms with Gasteiger partial charge in [-0.3, -0.25) is 4.79 Å². The van der Waals surface area contributed by atoms with Crippen LogP contribution >= 0.6 is 0 Å². The molecule has 0 fully saturated rings. The van der Waals surface area contributed by atoms with Crippen molar-refractivity contribution >= 4 is 11.9 Å². The molecule has 0 aliphatic heterocycles. The molecule has 0 spiro atoms. The van der Waals surface area contributed by atoms with E-state index < -0.39 is 16.8 Å². The van der Waals surface area contributed by atoms with Crippen molar-refractivity contribution in [3.8, 4) is 0 Å². The van der Waals surface area contributed by atoms with Gasteiger partial charge in [-0.1, -0.05) is 4.98 Å². The predicted molar refractivity (Wildman–Crippen MR) is 41.2 cm³/mol. The lowest BCUT2D eigenvalue weighted by Crippen LogP contribution is -2.13. The number of aliphatic hydroxyl groups excluding tert-OH is 1. The number of aromatic nitrogens is 2. The minimum atomic E-state index is -0.755. The molecule has 7 heteroatoms. The molecule has 0 saturated heterocycles. The van der Waals surface area contributed by atoms with E-state index in [2.05, 4.69) is 4.98 Å². The van der Waals surface area contributed by atoms with Crippen LogP contribution in [0.5, 0.6) is 0 Å². The van der Waals surface area contributed by atoms with Gasteiger partial charge in [0.2, 0.25) is 0 Å². The van der Waals surface area contributed by atoms with Crippen molar-refractivity contribution in [1.29, 1.82) is 0 Å². The molecule has 70 valence electrons. The second-order valence-corrected chi connectivity index (χ2v) is 2.22. The third kappa shape index (κ3) is 1.88. The molecule has 0 atom stereocenters. The van der Waals surface area contributed by atoms with Gasteiger partial charge in [0, 0.05) is 0 Å². The Kier molecular flexibility index (Phi) is 2.70. The SMILES string of the molecule is O=C(CCO)n1ccnc1[N+](=O)[O-]. The molecule has 0 unspecified atom stereocenters. The van der Waals surface area contributed by atoms with Crippen LogP contribution in [-0.2, 0) is 0 Å². The monoisotopic (exact) mass is 185 g/mol. The van der Waals surface area contributed by atoms with Crippen molar-refractivity contribution in [3.05, 3.63) is 22.5 Å². The lowest BCUT2D eigenvalue weighted by atomic mass is 10.4. The van der Waals surface area contributed by atoms with E-state index >= 15 is 0 Å². The first-order valence-electron chi connectivity index (χ1n) is 3.48. The van der Waals surface area contributed by atoms with Gasteiger partial charge in [0.25, 0.3) is 5.91 Å². The topological polar surface area (TPSA) is 98.3 Å². The number of hydrogen-bond acceptors (Lipinski definition) is 5. The highest BCUT2D eigenvalue weighted by Gasteiger charge is 2.19. The van der Waals surface area contributed by atoms with E-state index in [4.69, 9.17) is 5.11 Å². The fourth-order valence-electron chi connectivity index (χ4n) is 0.841. The Balaban J connectivity index is 2.93. The Labute approximate surface area is 72.8 Å². The highest BCUT2D eigenvalue weighted by atomic mass is 16.6. The third-order valence-corrected chi connectivity index (χ3v) is 1.38. The van der Waals surface area contributed by atoms with Crippen molar-refractivity contribution in [2.45, 2.75) is 6.42 Å². The van der Waals surface area contributed by atoms with Crippen LogP contribution in [0, 0.1) is 10.1 Å². The number of hydrogen-bond donors (Lipinski definition) is 1. The zero-order valence-electron chi connectivity index (χ0n) is 6.58. The molecule has 1 aromatic heterocycles. The molecule has 0 bridgehead atoms. The highest BCUT2D eigenvalue weighted by molar-refractivity contribution is 5.80. The molecule has 0 amide bonds. The third-order valence-electron chi connectivity index (χ3n) is 1.38. The lowest BCUT2D eigenvalue weighted by molar-refractivity contribution is -0.395. The summed E-state index contributed by atoms with van der Waals surface area (Å²) in [4.78, 5) is 24.0. The van der Waals surface area contributed by atoms with E-state index in [1.54, 1.807) is 0 Å². The average molecular weight is 185 g/mol. The molecule has 0 aromatic carbocycles. The summed E-state index contributed by atoms with van der Waals surface area (Å²) in [5.74, 6) is -1.08.